The molecule has 0 unspecified atom stereocenters. The molecular weight excluding hydrogens is 378 g/mol. The van der Waals surface area contributed by atoms with E-state index in [0.717, 1.165) is 0 Å². The summed E-state index contributed by atoms with van der Waals surface area (Å²) in [4.78, 5) is 39.1. The van der Waals surface area contributed by atoms with Crippen LogP contribution < -0.4 is 15.5 Å². The van der Waals surface area contributed by atoms with Crippen LogP contribution in [-0.4, -0.2) is 30.3 Å². The van der Waals surface area contributed by atoms with Gasteiger partial charge in [0.15, 0.2) is 0 Å². The largest absolute Gasteiger partial charge is 0.350 e. The van der Waals surface area contributed by atoms with Crippen molar-refractivity contribution >= 4 is 40.7 Å². The molecule has 0 aliphatic carbocycles. The lowest BCUT2D eigenvalue weighted by atomic mass is 10.1. The second-order valence-electron chi connectivity index (χ2n) is 7.05. The van der Waals surface area contributed by atoms with Crippen molar-refractivity contribution in [2.45, 2.75) is 26.3 Å². The van der Waals surface area contributed by atoms with Crippen LogP contribution in [-0.2, 0) is 9.59 Å². The predicted molar refractivity (Wildman–Crippen MR) is 110 cm³/mol. The van der Waals surface area contributed by atoms with Crippen molar-refractivity contribution in [3.63, 3.8) is 0 Å². The van der Waals surface area contributed by atoms with Gasteiger partial charge in [-0.15, -0.1) is 0 Å². The van der Waals surface area contributed by atoms with Gasteiger partial charge in [-0.3, -0.25) is 14.4 Å². The van der Waals surface area contributed by atoms with Crippen LogP contribution in [0.1, 0.15) is 30.6 Å². The molecule has 0 radical (unpaired) electrons. The van der Waals surface area contributed by atoms with Crippen molar-refractivity contribution < 1.29 is 14.4 Å². The minimum absolute atomic E-state index is 0.0186. The fourth-order valence-electron chi connectivity index (χ4n) is 3.14. The Morgan fingerprint density at radius 2 is 1.89 bits per heavy atom. The summed E-state index contributed by atoms with van der Waals surface area (Å²) in [6, 6.07) is 13.8. The van der Waals surface area contributed by atoms with Crippen LogP contribution in [0.4, 0.5) is 11.4 Å². The van der Waals surface area contributed by atoms with Gasteiger partial charge in [-0.2, -0.15) is 0 Å². The summed E-state index contributed by atoms with van der Waals surface area (Å²) in [7, 11) is 0. The first kappa shape index (κ1) is 19.9. The fourth-order valence-corrected chi connectivity index (χ4v) is 3.33. The molecule has 1 heterocycles. The quantitative estimate of drug-likeness (QED) is 0.808. The number of nitrogens with zero attached hydrogens (tertiary/aromatic N) is 1. The van der Waals surface area contributed by atoms with Gasteiger partial charge in [-0.05, 0) is 44.2 Å². The standard InChI is InChI=1S/C21H22ClN3O3/c1-13(2)23-21(28)17-8-3-4-9-18(17)24-20(27)14-10-19(26)25(12-14)16-7-5-6-15(22)11-16/h3-9,11,13-14H,10,12H2,1-2H3,(H,23,28)(H,24,27)/t14-/m1/s1. The molecule has 3 rings (SSSR count). The highest BCUT2D eigenvalue weighted by Gasteiger charge is 2.35. The Bertz CT molecular complexity index is 913. The van der Waals surface area contributed by atoms with Gasteiger partial charge >= 0.3 is 0 Å². The molecule has 7 heteroatoms. The van der Waals surface area contributed by atoms with E-state index in [1.807, 2.05) is 13.8 Å². The predicted octanol–water partition coefficient (Wildman–Crippen LogP) is 3.47. The van der Waals surface area contributed by atoms with Crippen molar-refractivity contribution in [2.75, 3.05) is 16.8 Å². The van der Waals surface area contributed by atoms with E-state index in [4.69, 9.17) is 11.6 Å². The first-order valence-electron chi connectivity index (χ1n) is 9.12. The van der Waals surface area contributed by atoms with Crippen LogP contribution in [0.25, 0.3) is 0 Å². The van der Waals surface area contributed by atoms with Gasteiger partial charge in [-0.25, -0.2) is 0 Å². The van der Waals surface area contributed by atoms with Gasteiger partial charge < -0.3 is 15.5 Å². The molecule has 2 aromatic rings. The third-order valence-electron chi connectivity index (χ3n) is 4.47. The summed E-state index contributed by atoms with van der Waals surface area (Å²) >= 11 is 6.01. The molecule has 28 heavy (non-hydrogen) atoms. The Hall–Kier alpha value is -2.86. The Kier molecular flexibility index (Phi) is 5.99. The number of hydrogen-bond acceptors (Lipinski definition) is 3. The number of benzene rings is 2. The van der Waals surface area contributed by atoms with Crippen molar-refractivity contribution in [3.8, 4) is 0 Å². The van der Waals surface area contributed by atoms with E-state index in [-0.39, 0.29) is 36.7 Å². The lowest BCUT2D eigenvalue weighted by Crippen LogP contribution is -2.32. The Balaban J connectivity index is 1.73. The van der Waals surface area contributed by atoms with E-state index in [2.05, 4.69) is 10.6 Å². The van der Waals surface area contributed by atoms with Gasteiger partial charge in [0.25, 0.3) is 5.91 Å². The zero-order valence-electron chi connectivity index (χ0n) is 15.7. The summed E-state index contributed by atoms with van der Waals surface area (Å²) in [5, 5.41) is 6.15. The third-order valence-corrected chi connectivity index (χ3v) is 4.70. The number of amides is 3. The smallest absolute Gasteiger partial charge is 0.253 e. The molecule has 146 valence electrons. The maximum atomic E-state index is 12.8. The molecule has 1 aliphatic heterocycles. The first-order valence-corrected chi connectivity index (χ1v) is 9.49. The summed E-state index contributed by atoms with van der Waals surface area (Å²) in [5.74, 6) is -1.18. The number of hydrogen-bond donors (Lipinski definition) is 2. The van der Waals surface area contributed by atoms with E-state index in [9.17, 15) is 14.4 Å². The van der Waals surface area contributed by atoms with Crippen LogP contribution in [0.5, 0.6) is 0 Å². The average molecular weight is 400 g/mol. The van der Waals surface area contributed by atoms with Crippen LogP contribution in [0.2, 0.25) is 5.02 Å². The van der Waals surface area contributed by atoms with Gasteiger partial charge in [0.1, 0.15) is 0 Å². The summed E-state index contributed by atoms with van der Waals surface area (Å²) < 4.78 is 0. The highest BCUT2D eigenvalue weighted by molar-refractivity contribution is 6.31. The second-order valence-corrected chi connectivity index (χ2v) is 7.48. The maximum Gasteiger partial charge on any atom is 0.253 e. The van der Waals surface area contributed by atoms with Crippen molar-refractivity contribution in [3.05, 3.63) is 59.1 Å². The highest BCUT2D eigenvalue weighted by Crippen LogP contribution is 2.28. The molecule has 0 bridgehead atoms. The number of rotatable bonds is 5. The topological polar surface area (TPSA) is 78.5 Å². The SMILES string of the molecule is CC(C)NC(=O)c1ccccc1NC(=O)[C@@H]1CC(=O)N(c2cccc(Cl)c2)C1. The lowest BCUT2D eigenvalue weighted by Gasteiger charge is -2.17. The molecule has 1 fully saturated rings. The van der Waals surface area contributed by atoms with Gasteiger partial charge in [-0.1, -0.05) is 29.8 Å². The van der Waals surface area contributed by atoms with Crippen LogP contribution >= 0.6 is 11.6 Å². The Labute approximate surface area is 168 Å². The molecule has 0 spiro atoms. The van der Waals surface area contributed by atoms with E-state index in [1.165, 1.54) is 0 Å². The molecule has 2 N–H and O–H groups in total. The molecule has 3 amide bonds. The fraction of sp³-hybridized carbons (Fsp3) is 0.286. The van der Waals surface area contributed by atoms with Gasteiger partial charge in [0, 0.05) is 29.7 Å². The third kappa shape index (κ3) is 4.51. The van der Waals surface area contributed by atoms with Crippen molar-refractivity contribution in [2.24, 2.45) is 5.92 Å². The Morgan fingerprint density at radius 1 is 1.14 bits per heavy atom. The molecule has 0 aromatic heterocycles. The molecule has 1 saturated heterocycles. The minimum Gasteiger partial charge on any atom is -0.350 e. The first-order chi connectivity index (χ1) is 13.3. The van der Waals surface area contributed by atoms with E-state index in [1.54, 1.807) is 53.4 Å². The van der Waals surface area contributed by atoms with Crippen LogP contribution in [0, 0.1) is 5.92 Å². The normalized spacial score (nSPS) is 16.4. The molecule has 1 aliphatic rings. The molecule has 2 aromatic carbocycles. The van der Waals surface area contributed by atoms with E-state index >= 15 is 0 Å². The Morgan fingerprint density at radius 3 is 2.61 bits per heavy atom. The van der Waals surface area contributed by atoms with E-state index in [0.29, 0.717) is 22.0 Å². The average Bonchev–Trinajstić information content (AvgIpc) is 3.03. The van der Waals surface area contributed by atoms with E-state index < -0.39 is 5.92 Å². The number of nitrogens with one attached hydrogen (secondary N) is 2. The number of anilines is 2. The van der Waals surface area contributed by atoms with Crippen LogP contribution in [0.15, 0.2) is 48.5 Å². The summed E-state index contributed by atoms with van der Waals surface area (Å²) in [5.41, 5.74) is 1.49. The minimum atomic E-state index is -0.507. The lowest BCUT2D eigenvalue weighted by molar-refractivity contribution is -0.122. The monoisotopic (exact) mass is 399 g/mol. The maximum absolute atomic E-state index is 12.8. The summed E-state index contributed by atoms with van der Waals surface area (Å²) in [6.45, 7) is 4.01. The molecule has 1 atom stereocenters. The zero-order valence-corrected chi connectivity index (χ0v) is 16.5. The van der Waals surface area contributed by atoms with Crippen molar-refractivity contribution in [1.82, 2.24) is 5.32 Å². The highest BCUT2D eigenvalue weighted by atomic mass is 35.5. The second kappa shape index (κ2) is 8.44. The van der Waals surface area contributed by atoms with Crippen molar-refractivity contribution in [1.29, 1.82) is 0 Å². The number of para-hydroxylation sites is 1. The summed E-state index contributed by atoms with van der Waals surface area (Å²) in [6.07, 6.45) is 0.110. The number of carbonyl (C=O) groups excluding carboxylic acids is 3. The zero-order chi connectivity index (χ0) is 20.3. The van der Waals surface area contributed by atoms with Gasteiger partial charge in [0.05, 0.1) is 17.2 Å². The number of carbonyl (C=O) groups is 3. The molecular formula is C21H22ClN3O3. The molecule has 6 nitrogen and oxygen atoms in total. The van der Waals surface area contributed by atoms with Gasteiger partial charge in [0.2, 0.25) is 11.8 Å². The molecule has 0 saturated carbocycles. The van der Waals surface area contributed by atoms with Crippen LogP contribution in [0.3, 0.4) is 0 Å². The number of halogens is 1.